The zero-order chi connectivity index (χ0) is 10.6. The fraction of sp³-hybridized carbons (Fsp3) is 0. The van der Waals surface area contributed by atoms with Gasteiger partial charge in [-0.3, -0.25) is 0 Å². The van der Waals surface area contributed by atoms with Gasteiger partial charge < -0.3 is 0 Å². The first-order valence-corrected chi connectivity index (χ1v) is 5.67. The molecule has 0 saturated carbocycles. The molecule has 0 spiro atoms. The number of hydrogen-bond donors (Lipinski definition) is 0. The molecule has 0 unspecified atom stereocenters. The van der Waals surface area contributed by atoms with Crippen molar-refractivity contribution in [2.75, 3.05) is 0 Å². The second-order valence-corrected chi connectivity index (χ2v) is 0.750. The number of benzene rings is 1. The van der Waals surface area contributed by atoms with E-state index in [9.17, 15) is 0 Å². The summed E-state index contributed by atoms with van der Waals surface area (Å²) in [4.78, 5) is 0. The molecule has 8 heavy (non-hydrogen) atoms. The Hall–Kier alpha value is 0.133. The zero-order valence-electron chi connectivity index (χ0n) is 9.09. The minimum absolute atomic E-state index is 0.295. The molecule has 0 atom stereocenters. The van der Waals surface area contributed by atoms with Crippen LogP contribution in [0.1, 0.15) is 6.85 Å². The molecular formula is C6H5ClZn. The van der Waals surface area contributed by atoms with E-state index < -0.39 is 0 Å². The third kappa shape index (κ3) is 4.30. The third-order valence-corrected chi connectivity index (χ3v) is 0.375. The van der Waals surface area contributed by atoms with E-state index in [0.717, 1.165) is 17.3 Å². The van der Waals surface area contributed by atoms with Crippen molar-refractivity contribution in [2.24, 2.45) is 0 Å². The Morgan fingerprint density at radius 2 is 1.75 bits per heavy atom. The summed E-state index contributed by atoms with van der Waals surface area (Å²) >= 11 is 0.847. The van der Waals surface area contributed by atoms with Crippen LogP contribution in [0.2, 0.25) is 0 Å². The maximum absolute atomic E-state index is 7.09. The maximum atomic E-state index is 7.09. The van der Waals surface area contributed by atoms with Crippen molar-refractivity contribution in [1.29, 1.82) is 0 Å². The molecule has 0 heterocycles. The molecule has 0 fully saturated rings. The van der Waals surface area contributed by atoms with E-state index in [-0.39, 0.29) is 30.2 Å². The first-order valence-electron chi connectivity index (χ1n) is 4.27. The van der Waals surface area contributed by atoms with Crippen molar-refractivity contribution in [3.8, 4) is 0 Å². The standard InChI is InChI=1S/C6H5.ClH.Zn/c1-2-4-6-5-3-1;;/h1-5H;1H;/q-1;;+2/p-1/i1D,2D,3D,4D,5D;;. The van der Waals surface area contributed by atoms with Crippen LogP contribution in [0.4, 0.5) is 0 Å². The zero-order valence-corrected chi connectivity index (χ0v) is 7.81. The molecule has 0 aliphatic carbocycles. The van der Waals surface area contributed by atoms with Gasteiger partial charge in [0.1, 0.15) is 0 Å². The molecule has 0 radical (unpaired) electrons. The van der Waals surface area contributed by atoms with E-state index in [0.29, 0.717) is 0 Å². The summed E-state index contributed by atoms with van der Waals surface area (Å²) in [6, 6.07) is 0.536. The van der Waals surface area contributed by atoms with Crippen molar-refractivity contribution in [2.45, 2.75) is 0 Å². The molecular weight excluding hydrogens is 173 g/mol. The Morgan fingerprint density at radius 1 is 1.25 bits per heavy atom. The summed E-state index contributed by atoms with van der Waals surface area (Å²) in [5.41, 5.74) is 0. The Morgan fingerprint density at radius 3 is 2.25 bits per heavy atom. The summed E-state index contributed by atoms with van der Waals surface area (Å²) < 4.78 is 35.3. The molecule has 1 aromatic rings. The molecule has 0 bridgehead atoms. The fourth-order valence-electron chi connectivity index (χ4n) is 0.188. The normalized spacial score (nSPS) is 15.6. The van der Waals surface area contributed by atoms with E-state index in [1.54, 1.807) is 0 Å². The van der Waals surface area contributed by atoms with E-state index in [1.807, 2.05) is 0 Å². The average molecular weight is 183 g/mol. The van der Waals surface area contributed by atoms with Crippen LogP contribution in [0, 0.1) is 6.07 Å². The van der Waals surface area contributed by atoms with Crippen molar-refractivity contribution >= 4 is 9.69 Å². The molecule has 1 aromatic carbocycles. The van der Waals surface area contributed by atoms with Gasteiger partial charge in [0.25, 0.3) is 0 Å². The van der Waals surface area contributed by atoms with Gasteiger partial charge in [0, 0.05) is 4.11 Å². The topological polar surface area (TPSA) is 0 Å². The van der Waals surface area contributed by atoms with Crippen LogP contribution in [0.15, 0.2) is 30.2 Å². The first kappa shape index (κ1) is 2.81. The minimum atomic E-state index is -0.376. The molecule has 0 nitrogen and oxygen atoms in total. The van der Waals surface area contributed by atoms with Gasteiger partial charge in [0.2, 0.25) is 0 Å². The Labute approximate surface area is 70.6 Å². The number of rotatable bonds is 0. The summed E-state index contributed by atoms with van der Waals surface area (Å²) in [7, 11) is 4.76. The van der Waals surface area contributed by atoms with E-state index >= 15 is 0 Å². The molecule has 0 aliphatic heterocycles. The summed E-state index contributed by atoms with van der Waals surface area (Å²) in [6.45, 7) is 0. The van der Waals surface area contributed by atoms with E-state index in [4.69, 9.17) is 16.5 Å². The number of halogens is 1. The molecule has 0 N–H and O–H groups in total. The van der Waals surface area contributed by atoms with Crippen molar-refractivity contribution in [3.63, 3.8) is 0 Å². The van der Waals surface area contributed by atoms with Gasteiger partial charge in [-0.2, -0.15) is 36.3 Å². The van der Waals surface area contributed by atoms with E-state index in [1.165, 1.54) is 0 Å². The number of hydrogen-bond acceptors (Lipinski definition) is 0. The van der Waals surface area contributed by atoms with Crippen molar-refractivity contribution < 1.29 is 24.2 Å². The molecule has 0 saturated heterocycles. The molecule has 38 valence electrons. The molecule has 2 heteroatoms. The second-order valence-electron chi connectivity index (χ2n) is 0.750. The monoisotopic (exact) mass is 181 g/mol. The second kappa shape index (κ2) is 7.13. The predicted molar refractivity (Wildman–Crippen MR) is 31.1 cm³/mol. The van der Waals surface area contributed by atoms with Gasteiger partial charge in [0.05, 0.1) is 0 Å². The van der Waals surface area contributed by atoms with Gasteiger partial charge in [-0.05, 0) is 2.74 Å². The predicted octanol–water partition coefficient (Wildman–Crippen LogP) is 2.17. The molecule has 1 rings (SSSR count). The molecule has 0 aliphatic rings. The summed E-state index contributed by atoms with van der Waals surface area (Å²) in [6.07, 6.45) is 0. The van der Waals surface area contributed by atoms with Gasteiger partial charge in [0.15, 0.2) is 0 Å². The molecule has 0 aromatic heterocycles. The average Bonchev–Trinajstić information content (AvgIpc) is 2.15. The Bertz CT molecular complexity index is 277. The Balaban J connectivity index is 0.000000671. The van der Waals surface area contributed by atoms with Gasteiger partial charge in [-0.1, -0.05) is 0 Å². The van der Waals surface area contributed by atoms with Crippen LogP contribution in [0.5, 0.6) is 0 Å². The van der Waals surface area contributed by atoms with Crippen LogP contribution in [0.25, 0.3) is 0 Å². The van der Waals surface area contributed by atoms with Crippen LogP contribution < -0.4 is 0 Å². The molecule has 0 amide bonds. The summed E-state index contributed by atoms with van der Waals surface area (Å²) in [5, 5.41) is 0. The van der Waals surface area contributed by atoms with Crippen LogP contribution in [0.3, 0.4) is 0 Å². The van der Waals surface area contributed by atoms with E-state index in [2.05, 4.69) is 6.07 Å². The van der Waals surface area contributed by atoms with Crippen LogP contribution >= 0.6 is 9.69 Å². The fourth-order valence-corrected chi connectivity index (χ4v) is 0.188. The van der Waals surface area contributed by atoms with Crippen molar-refractivity contribution in [1.82, 2.24) is 0 Å². The summed E-state index contributed by atoms with van der Waals surface area (Å²) in [5.74, 6) is 0. The Kier molecular flexibility index (Phi) is 2.51. The third-order valence-electron chi connectivity index (χ3n) is 0.375. The van der Waals surface area contributed by atoms with Gasteiger partial charge >= 0.3 is 27.0 Å². The van der Waals surface area contributed by atoms with Gasteiger partial charge in [-0.25, -0.2) is 0 Å². The van der Waals surface area contributed by atoms with Gasteiger partial charge in [-0.15, -0.1) is 0 Å². The quantitative estimate of drug-likeness (QED) is 0.427. The van der Waals surface area contributed by atoms with Crippen LogP contribution in [-0.4, -0.2) is 0 Å². The van der Waals surface area contributed by atoms with Crippen LogP contribution in [-0.2, 0) is 17.3 Å². The van der Waals surface area contributed by atoms with Crippen molar-refractivity contribution in [3.05, 3.63) is 36.3 Å². The SMILES string of the molecule is [2H]c1[c-]c([2H])c([2H])c([2H])c1[2H].[Cl][Zn+]. The first-order chi connectivity index (χ1) is 6.04.